The molecule has 0 saturated carbocycles. The number of hydrogen-bond donors (Lipinski definition) is 2. The lowest BCUT2D eigenvalue weighted by molar-refractivity contribution is -0.141. The lowest BCUT2D eigenvalue weighted by Gasteiger charge is -2.35. The third-order valence-electron chi connectivity index (χ3n) is 5.05. The maximum atomic E-state index is 12.9. The predicted molar refractivity (Wildman–Crippen MR) is 118 cm³/mol. The van der Waals surface area contributed by atoms with Gasteiger partial charge in [0.15, 0.2) is 0 Å². The minimum atomic E-state index is -0.678. The van der Waals surface area contributed by atoms with Crippen LogP contribution in [0.4, 0.5) is 10.5 Å². The highest BCUT2D eigenvalue weighted by atomic mass is 16.6. The minimum absolute atomic E-state index is 0.0632. The Hall–Kier alpha value is -2.87. The van der Waals surface area contributed by atoms with E-state index in [1.807, 2.05) is 19.9 Å². The molecule has 1 aliphatic rings. The highest BCUT2D eigenvalue weighted by Gasteiger charge is 2.36. The summed E-state index contributed by atoms with van der Waals surface area (Å²) in [6.45, 7) is 6.65. The van der Waals surface area contributed by atoms with Crippen molar-refractivity contribution in [2.24, 2.45) is 0 Å². The van der Waals surface area contributed by atoms with Crippen LogP contribution >= 0.6 is 0 Å². The van der Waals surface area contributed by atoms with Crippen LogP contribution in [0.3, 0.4) is 0 Å². The van der Waals surface area contributed by atoms with Gasteiger partial charge in [0.25, 0.3) is 0 Å². The number of unbranched alkanes of at least 4 members (excludes halogenated alkanes) is 1. The monoisotopic (exact) mass is 431 g/mol. The first-order valence-corrected chi connectivity index (χ1v) is 10.8. The first-order chi connectivity index (χ1) is 14.9. The van der Waals surface area contributed by atoms with Crippen LogP contribution < -0.4 is 10.6 Å². The topological polar surface area (TPSA) is 97.0 Å². The number of carbonyl (C=O) groups is 3. The van der Waals surface area contributed by atoms with Gasteiger partial charge in [0.05, 0.1) is 18.2 Å². The fourth-order valence-electron chi connectivity index (χ4n) is 3.44. The number of nitrogens with one attached hydrogen (secondary N) is 2. The Balaban J connectivity index is 2.35. The summed E-state index contributed by atoms with van der Waals surface area (Å²) in [6.07, 6.45) is 2.95. The van der Waals surface area contributed by atoms with Crippen molar-refractivity contribution in [2.45, 2.75) is 52.5 Å². The van der Waals surface area contributed by atoms with Crippen LogP contribution in [0.2, 0.25) is 0 Å². The van der Waals surface area contributed by atoms with E-state index in [-0.39, 0.29) is 25.2 Å². The lowest BCUT2D eigenvalue weighted by Crippen LogP contribution is -2.48. The molecule has 170 valence electrons. The first kappa shape index (κ1) is 24.4. The number of esters is 1. The number of benzene rings is 1. The molecule has 1 aromatic carbocycles. The molecule has 2 rings (SSSR count). The summed E-state index contributed by atoms with van der Waals surface area (Å²) in [7, 11) is 1.53. The molecule has 0 aromatic heterocycles. The molecule has 1 aromatic rings. The van der Waals surface area contributed by atoms with Gasteiger partial charge in [-0.1, -0.05) is 32.4 Å². The van der Waals surface area contributed by atoms with E-state index in [1.54, 1.807) is 30.0 Å². The van der Waals surface area contributed by atoms with E-state index in [4.69, 9.17) is 9.47 Å². The highest BCUT2D eigenvalue weighted by molar-refractivity contribution is 5.95. The van der Waals surface area contributed by atoms with Crippen LogP contribution in [0.15, 0.2) is 35.5 Å². The second-order valence-electron chi connectivity index (χ2n) is 7.44. The number of amides is 3. The number of nitrogens with zero attached hydrogens (tertiary/aromatic N) is 1. The maximum absolute atomic E-state index is 12.9. The molecule has 8 nitrogen and oxygen atoms in total. The summed E-state index contributed by atoms with van der Waals surface area (Å²) in [5.41, 5.74) is 2.25. The number of ether oxygens (including phenoxy) is 2. The number of allylic oxidation sites excluding steroid dienone is 1. The average molecular weight is 432 g/mol. The summed E-state index contributed by atoms with van der Waals surface area (Å²) in [4.78, 5) is 39.3. The zero-order valence-corrected chi connectivity index (χ0v) is 18.8. The normalized spacial score (nSPS) is 16.2. The third kappa shape index (κ3) is 6.55. The van der Waals surface area contributed by atoms with E-state index >= 15 is 0 Å². The third-order valence-corrected chi connectivity index (χ3v) is 5.05. The van der Waals surface area contributed by atoms with Crippen LogP contribution in [0.1, 0.15) is 58.1 Å². The fraction of sp³-hybridized carbons (Fsp3) is 0.522. The van der Waals surface area contributed by atoms with Crippen molar-refractivity contribution in [3.05, 3.63) is 41.1 Å². The number of hydrogen-bond acceptors (Lipinski definition) is 5. The minimum Gasteiger partial charge on any atom is -0.460 e. The molecule has 1 unspecified atom stereocenters. The van der Waals surface area contributed by atoms with E-state index in [1.165, 1.54) is 7.11 Å². The molecule has 0 spiro atoms. The number of rotatable bonds is 11. The zero-order valence-electron chi connectivity index (χ0n) is 18.8. The van der Waals surface area contributed by atoms with Gasteiger partial charge in [0.2, 0.25) is 5.91 Å². The summed E-state index contributed by atoms with van der Waals surface area (Å²) >= 11 is 0. The van der Waals surface area contributed by atoms with Gasteiger partial charge in [-0.05, 0) is 37.5 Å². The SMILES string of the molecule is CCCCC(=O)Nc1cccc(C2NC(=O)N(CCC)C(C)=C2C(=O)OCCOC)c1. The van der Waals surface area contributed by atoms with Gasteiger partial charge in [-0.3, -0.25) is 9.69 Å². The smallest absolute Gasteiger partial charge is 0.338 e. The second-order valence-corrected chi connectivity index (χ2v) is 7.44. The van der Waals surface area contributed by atoms with Crippen molar-refractivity contribution >= 4 is 23.6 Å². The van der Waals surface area contributed by atoms with Crippen molar-refractivity contribution in [2.75, 3.05) is 32.2 Å². The Morgan fingerprint density at radius 3 is 2.65 bits per heavy atom. The molecule has 1 aliphatic heterocycles. The van der Waals surface area contributed by atoms with E-state index < -0.39 is 12.0 Å². The Kier molecular flexibility index (Phi) is 9.52. The van der Waals surface area contributed by atoms with Crippen LogP contribution in [0.5, 0.6) is 0 Å². The molecule has 0 bridgehead atoms. The van der Waals surface area contributed by atoms with Crippen LogP contribution in [0, 0.1) is 0 Å². The van der Waals surface area contributed by atoms with Crippen LogP contribution in [-0.2, 0) is 19.1 Å². The van der Waals surface area contributed by atoms with Crippen molar-refractivity contribution in [3.63, 3.8) is 0 Å². The van der Waals surface area contributed by atoms with Gasteiger partial charge >= 0.3 is 12.0 Å². The van der Waals surface area contributed by atoms with Crippen molar-refractivity contribution in [1.29, 1.82) is 0 Å². The van der Waals surface area contributed by atoms with E-state index in [9.17, 15) is 14.4 Å². The van der Waals surface area contributed by atoms with Gasteiger partial charge in [0.1, 0.15) is 6.61 Å². The van der Waals surface area contributed by atoms with E-state index in [2.05, 4.69) is 10.6 Å². The van der Waals surface area contributed by atoms with E-state index in [0.717, 1.165) is 19.3 Å². The Morgan fingerprint density at radius 1 is 1.19 bits per heavy atom. The van der Waals surface area contributed by atoms with Gasteiger partial charge in [-0.2, -0.15) is 0 Å². The van der Waals surface area contributed by atoms with Crippen molar-refractivity contribution < 1.29 is 23.9 Å². The zero-order chi connectivity index (χ0) is 22.8. The average Bonchev–Trinajstić information content (AvgIpc) is 2.75. The second kappa shape index (κ2) is 12.1. The number of anilines is 1. The molecule has 8 heteroatoms. The van der Waals surface area contributed by atoms with E-state index in [0.29, 0.717) is 35.5 Å². The number of urea groups is 1. The molecular weight excluding hydrogens is 398 g/mol. The summed E-state index contributed by atoms with van der Waals surface area (Å²) in [5, 5.41) is 5.80. The van der Waals surface area contributed by atoms with Crippen LogP contribution in [0.25, 0.3) is 0 Å². The largest absolute Gasteiger partial charge is 0.460 e. The van der Waals surface area contributed by atoms with Gasteiger partial charge in [-0.25, -0.2) is 9.59 Å². The quantitative estimate of drug-likeness (QED) is 0.411. The maximum Gasteiger partial charge on any atom is 0.338 e. The molecule has 0 radical (unpaired) electrons. The summed E-state index contributed by atoms with van der Waals surface area (Å²) < 4.78 is 10.3. The summed E-state index contributed by atoms with van der Waals surface area (Å²) in [6, 6.07) is 6.23. The number of methoxy groups -OCH3 is 1. The molecule has 0 saturated heterocycles. The molecule has 1 atom stereocenters. The molecule has 31 heavy (non-hydrogen) atoms. The Morgan fingerprint density at radius 2 is 1.97 bits per heavy atom. The molecule has 0 fully saturated rings. The first-order valence-electron chi connectivity index (χ1n) is 10.8. The van der Waals surface area contributed by atoms with Gasteiger partial charge in [0, 0.05) is 31.5 Å². The Bertz CT molecular complexity index is 821. The molecule has 1 heterocycles. The van der Waals surface area contributed by atoms with Gasteiger partial charge < -0.3 is 20.1 Å². The predicted octanol–water partition coefficient (Wildman–Crippen LogP) is 3.76. The van der Waals surface area contributed by atoms with Crippen LogP contribution in [-0.4, -0.2) is 49.7 Å². The number of carbonyl (C=O) groups excluding carboxylic acids is 3. The lowest BCUT2D eigenvalue weighted by atomic mass is 9.94. The van der Waals surface area contributed by atoms with Crippen molar-refractivity contribution in [1.82, 2.24) is 10.2 Å². The molecule has 0 aliphatic carbocycles. The fourth-order valence-corrected chi connectivity index (χ4v) is 3.44. The molecule has 3 amide bonds. The highest BCUT2D eigenvalue weighted by Crippen LogP contribution is 2.32. The van der Waals surface area contributed by atoms with Crippen molar-refractivity contribution in [3.8, 4) is 0 Å². The van der Waals surface area contributed by atoms with Gasteiger partial charge in [-0.15, -0.1) is 0 Å². The standard InChI is InChI=1S/C23H33N3O5/c1-5-7-11-19(27)24-18-10-8-9-17(15-18)21-20(22(28)31-14-13-30-4)16(3)26(12-6-2)23(29)25-21/h8-10,15,21H,5-7,11-14H2,1-4H3,(H,24,27)(H,25,29). The molecular formula is C23H33N3O5. The summed E-state index contributed by atoms with van der Waals surface area (Å²) in [5.74, 6) is -0.565. The Labute approximate surface area is 184 Å². The molecule has 2 N–H and O–H groups in total.